The van der Waals surface area contributed by atoms with Gasteiger partial charge in [-0.25, -0.2) is 0 Å². The minimum Gasteiger partial charge on any atom is -0.496 e. The Morgan fingerprint density at radius 2 is 1.94 bits per heavy atom. The summed E-state index contributed by atoms with van der Waals surface area (Å²) in [6.45, 7) is 6.34. The smallest absolute Gasteiger partial charge is 0.133 e. The lowest BCUT2D eigenvalue weighted by atomic mass is 10.2. The Morgan fingerprint density at radius 3 is 2.61 bits per heavy atom. The molecule has 18 heavy (non-hydrogen) atoms. The molecule has 0 bridgehead atoms. The van der Waals surface area contributed by atoms with E-state index in [1.807, 2.05) is 6.07 Å². The van der Waals surface area contributed by atoms with E-state index in [1.54, 1.807) is 7.11 Å². The first-order valence-corrected chi connectivity index (χ1v) is 7.31. The Morgan fingerprint density at radius 1 is 1.17 bits per heavy atom. The number of benzene rings is 1. The lowest BCUT2D eigenvalue weighted by molar-refractivity contribution is 0.412. The molecule has 0 aliphatic heterocycles. The van der Waals surface area contributed by atoms with Gasteiger partial charge in [-0.05, 0) is 66.1 Å². The van der Waals surface area contributed by atoms with Gasteiger partial charge in [-0.2, -0.15) is 0 Å². The number of nitrogens with one attached hydrogen (secondary N) is 2. The van der Waals surface area contributed by atoms with Gasteiger partial charge in [0.05, 0.1) is 11.6 Å². The highest BCUT2D eigenvalue weighted by Gasteiger charge is 2.00. The molecule has 3 nitrogen and oxygen atoms in total. The molecule has 2 N–H and O–H groups in total. The lowest BCUT2D eigenvalue weighted by Gasteiger charge is -2.08. The summed E-state index contributed by atoms with van der Waals surface area (Å²) in [5, 5.41) is 6.84. The monoisotopic (exact) mass is 314 g/mol. The molecule has 0 radical (unpaired) electrons. The fourth-order valence-corrected chi connectivity index (χ4v) is 2.28. The second-order valence-electron chi connectivity index (χ2n) is 4.25. The molecule has 0 unspecified atom stereocenters. The predicted octanol–water partition coefficient (Wildman–Crippen LogP) is 2.94. The average Bonchev–Trinajstić information content (AvgIpc) is 2.38. The van der Waals surface area contributed by atoms with E-state index in [4.69, 9.17) is 4.74 Å². The van der Waals surface area contributed by atoms with Crippen molar-refractivity contribution in [2.45, 2.75) is 26.3 Å². The highest BCUT2D eigenvalue weighted by molar-refractivity contribution is 9.10. The van der Waals surface area contributed by atoms with Crippen molar-refractivity contribution in [3.05, 3.63) is 28.2 Å². The molecule has 1 rings (SSSR count). The maximum Gasteiger partial charge on any atom is 0.133 e. The summed E-state index contributed by atoms with van der Waals surface area (Å²) in [6, 6.07) is 6.18. The van der Waals surface area contributed by atoms with E-state index < -0.39 is 0 Å². The van der Waals surface area contributed by atoms with Crippen molar-refractivity contribution in [2.24, 2.45) is 0 Å². The van der Waals surface area contributed by atoms with Gasteiger partial charge in [0.2, 0.25) is 0 Å². The van der Waals surface area contributed by atoms with E-state index >= 15 is 0 Å². The van der Waals surface area contributed by atoms with Crippen LogP contribution in [0.4, 0.5) is 0 Å². The van der Waals surface area contributed by atoms with Gasteiger partial charge in [0.25, 0.3) is 0 Å². The number of hydrogen-bond acceptors (Lipinski definition) is 3. The predicted molar refractivity (Wildman–Crippen MR) is 80.2 cm³/mol. The summed E-state index contributed by atoms with van der Waals surface area (Å²) in [6.07, 6.45) is 2.37. The number of hydrogen-bond donors (Lipinski definition) is 2. The Kier molecular flexibility index (Phi) is 8.05. The second kappa shape index (κ2) is 9.36. The molecule has 0 aliphatic carbocycles. The number of ether oxygens (including phenoxy) is 1. The molecule has 0 atom stereocenters. The van der Waals surface area contributed by atoms with E-state index in [-0.39, 0.29) is 0 Å². The van der Waals surface area contributed by atoms with E-state index in [0.29, 0.717) is 0 Å². The molecular weight excluding hydrogens is 292 g/mol. The summed E-state index contributed by atoms with van der Waals surface area (Å²) in [5.41, 5.74) is 1.27. The molecule has 0 aromatic heterocycles. The van der Waals surface area contributed by atoms with Crippen molar-refractivity contribution in [3.63, 3.8) is 0 Å². The minimum absolute atomic E-state index is 0.877. The second-order valence-corrected chi connectivity index (χ2v) is 5.10. The zero-order chi connectivity index (χ0) is 13.2. The first-order chi connectivity index (χ1) is 8.77. The Bertz CT molecular complexity index is 345. The maximum atomic E-state index is 5.20. The summed E-state index contributed by atoms with van der Waals surface area (Å²) in [4.78, 5) is 0. The van der Waals surface area contributed by atoms with E-state index in [9.17, 15) is 0 Å². The third kappa shape index (κ3) is 5.85. The molecule has 0 aliphatic rings. The zero-order valence-corrected chi connectivity index (χ0v) is 12.8. The maximum absolute atomic E-state index is 5.20. The Hall–Kier alpha value is -0.580. The molecule has 1 aromatic rings. The van der Waals surface area contributed by atoms with Gasteiger partial charge in [0, 0.05) is 6.54 Å². The van der Waals surface area contributed by atoms with Crippen LogP contribution in [0.15, 0.2) is 22.7 Å². The summed E-state index contributed by atoms with van der Waals surface area (Å²) >= 11 is 3.50. The van der Waals surface area contributed by atoms with Crippen LogP contribution in [0.1, 0.15) is 25.3 Å². The Labute approximate surface area is 118 Å². The topological polar surface area (TPSA) is 33.3 Å². The molecule has 1 aromatic carbocycles. The van der Waals surface area contributed by atoms with Gasteiger partial charge in [0.15, 0.2) is 0 Å². The van der Waals surface area contributed by atoms with Crippen molar-refractivity contribution < 1.29 is 4.74 Å². The molecule has 102 valence electrons. The van der Waals surface area contributed by atoms with Gasteiger partial charge in [-0.15, -0.1) is 0 Å². The third-order valence-corrected chi connectivity index (χ3v) is 3.30. The van der Waals surface area contributed by atoms with Crippen LogP contribution in [-0.2, 0) is 6.54 Å². The molecule has 0 spiro atoms. The van der Waals surface area contributed by atoms with Gasteiger partial charge in [-0.3, -0.25) is 0 Å². The van der Waals surface area contributed by atoms with Crippen molar-refractivity contribution in [1.29, 1.82) is 0 Å². The van der Waals surface area contributed by atoms with E-state index in [1.165, 1.54) is 12.0 Å². The van der Waals surface area contributed by atoms with Crippen molar-refractivity contribution in [3.8, 4) is 5.75 Å². The van der Waals surface area contributed by atoms with Gasteiger partial charge >= 0.3 is 0 Å². The quantitative estimate of drug-likeness (QED) is 0.688. The van der Waals surface area contributed by atoms with Crippen LogP contribution >= 0.6 is 15.9 Å². The molecule has 0 fully saturated rings. The third-order valence-electron chi connectivity index (χ3n) is 2.68. The summed E-state index contributed by atoms with van der Waals surface area (Å²) in [5.74, 6) is 0.877. The first-order valence-electron chi connectivity index (χ1n) is 6.51. The van der Waals surface area contributed by atoms with E-state index in [0.717, 1.165) is 42.8 Å². The van der Waals surface area contributed by atoms with Crippen LogP contribution in [0, 0.1) is 0 Å². The molecule has 4 heteroatoms. The van der Waals surface area contributed by atoms with Gasteiger partial charge < -0.3 is 15.4 Å². The van der Waals surface area contributed by atoms with Crippen molar-refractivity contribution >= 4 is 15.9 Å². The summed E-state index contributed by atoms with van der Waals surface area (Å²) < 4.78 is 6.21. The molecule has 0 saturated heterocycles. The van der Waals surface area contributed by atoms with Crippen LogP contribution in [0.25, 0.3) is 0 Å². The van der Waals surface area contributed by atoms with Crippen LogP contribution in [0.3, 0.4) is 0 Å². The minimum atomic E-state index is 0.877. The Balaban J connectivity index is 2.17. The van der Waals surface area contributed by atoms with Crippen LogP contribution in [0.2, 0.25) is 0 Å². The van der Waals surface area contributed by atoms with Crippen LogP contribution < -0.4 is 15.4 Å². The van der Waals surface area contributed by atoms with Crippen LogP contribution in [0.5, 0.6) is 5.75 Å². The summed E-state index contributed by atoms with van der Waals surface area (Å²) in [7, 11) is 1.68. The molecule has 0 saturated carbocycles. The largest absolute Gasteiger partial charge is 0.496 e. The highest BCUT2D eigenvalue weighted by Crippen LogP contribution is 2.25. The molecule has 0 heterocycles. The highest BCUT2D eigenvalue weighted by atomic mass is 79.9. The normalized spacial score (nSPS) is 10.6. The molecule has 0 amide bonds. The fraction of sp³-hybridized carbons (Fsp3) is 0.571. The van der Waals surface area contributed by atoms with Crippen molar-refractivity contribution in [1.82, 2.24) is 10.6 Å². The fourth-order valence-electron chi connectivity index (χ4n) is 1.69. The van der Waals surface area contributed by atoms with Gasteiger partial charge in [-0.1, -0.05) is 13.0 Å². The van der Waals surface area contributed by atoms with E-state index in [2.05, 4.69) is 45.6 Å². The molecular formula is C14H23BrN2O. The first kappa shape index (κ1) is 15.5. The number of rotatable bonds is 9. The lowest BCUT2D eigenvalue weighted by Crippen LogP contribution is -2.22. The number of methoxy groups -OCH3 is 1. The zero-order valence-electron chi connectivity index (χ0n) is 11.3. The SMILES string of the molecule is CCCNCCCNCc1ccc(OC)c(Br)c1. The van der Waals surface area contributed by atoms with Crippen LogP contribution in [-0.4, -0.2) is 26.7 Å². The standard InChI is InChI=1S/C14H23BrN2O/c1-3-7-16-8-4-9-17-11-12-5-6-14(18-2)13(15)10-12/h5-6,10,16-17H,3-4,7-9,11H2,1-2H3. The van der Waals surface area contributed by atoms with Gasteiger partial charge in [0.1, 0.15) is 5.75 Å². The average molecular weight is 315 g/mol. The number of halogens is 1. The van der Waals surface area contributed by atoms with Crippen molar-refractivity contribution in [2.75, 3.05) is 26.7 Å².